The van der Waals surface area contributed by atoms with E-state index in [-0.39, 0.29) is 23.6 Å². The van der Waals surface area contributed by atoms with Crippen LogP contribution in [0, 0.1) is 17.8 Å². The minimum absolute atomic E-state index is 0.0728. The molecule has 5 unspecified atom stereocenters. The van der Waals surface area contributed by atoms with Crippen molar-refractivity contribution >= 4 is 11.9 Å². The van der Waals surface area contributed by atoms with Gasteiger partial charge in [0.25, 0.3) is 5.91 Å². The Kier molecular flexibility index (Phi) is 4.35. The Morgan fingerprint density at radius 1 is 1.21 bits per heavy atom. The molecule has 3 heterocycles. The number of amides is 1. The summed E-state index contributed by atoms with van der Waals surface area (Å²) in [5, 5.41) is 9.47. The van der Waals surface area contributed by atoms with Gasteiger partial charge in [-0.3, -0.25) is 4.79 Å². The molecule has 29 heavy (non-hydrogen) atoms. The summed E-state index contributed by atoms with van der Waals surface area (Å²) in [6, 6.07) is 0.245. The predicted octanol–water partition coefficient (Wildman–Crippen LogP) is 2.53. The van der Waals surface area contributed by atoms with Gasteiger partial charge >= 0.3 is 5.97 Å². The van der Waals surface area contributed by atoms with Crippen LogP contribution in [0.4, 0.5) is 4.39 Å². The molecule has 0 spiro atoms. The van der Waals surface area contributed by atoms with Crippen molar-refractivity contribution in [3.63, 3.8) is 0 Å². The third-order valence-electron chi connectivity index (χ3n) is 7.59. The largest absolute Gasteiger partial charge is 0.478 e. The maximum absolute atomic E-state index is 15.4. The molecule has 3 N–H and O–H groups in total. The Bertz CT molecular complexity index is 859. The molecule has 0 aromatic carbocycles. The van der Waals surface area contributed by atoms with Crippen molar-refractivity contribution in [3.8, 4) is 0 Å². The lowest BCUT2D eigenvalue weighted by Crippen LogP contribution is -2.51. The van der Waals surface area contributed by atoms with E-state index >= 15 is 4.39 Å². The van der Waals surface area contributed by atoms with Crippen LogP contribution in [0.5, 0.6) is 0 Å². The Balaban J connectivity index is 1.54. The number of nitrogens with zero attached hydrogens (tertiary/aromatic N) is 2. The van der Waals surface area contributed by atoms with E-state index in [0.717, 1.165) is 50.6 Å². The first kappa shape index (κ1) is 18.9. The maximum atomic E-state index is 15.4. The molecule has 2 aliphatic carbocycles. The van der Waals surface area contributed by atoms with Crippen molar-refractivity contribution in [1.82, 2.24) is 9.80 Å². The third-order valence-corrected chi connectivity index (χ3v) is 7.59. The fourth-order valence-electron chi connectivity index (χ4n) is 6.11. The number of aliphatic carboxylic acids is 1. The van der Waals surface area contributed by atoms with Crippen LogP contribution in [0.15, 0.2) is 34.9 Å². The SMILES string of the molecule is CC1=C(N2CCC3CC(N)CCC32)C(F)=CN2C(=O)C(C(=O)O)=CC(C3CC3)C12. The highest BCUT2D eigenvalue weighted by molar-refractivity contribution is 6.16. The van der Waals surface area contributed by atoms with Crippen molar-refractivity contribution < 1.29 is 19.1 Å². The molecule has 1 amide bonds. The molecule has 7 heteroatoms. The Hall–Kier alpha value is -2.15. The topological polar surface area (TPSA) is 86.9 Å². The van der Waals surface area contributed by atoms with Gasteiger partial charge in [0.05, 0.1) is 11.7 Å². The fourth-order valence-corrected chi connectivity index (χ4v) is 6.11. The first-order valence-corrected chi connectivity index (χ1v) is 10.7. The number of likely N-dealkylation sites (tertiary alicyclic amines) is 1. The lowest BCUT2D eigenvalue weighted by atomic mass is 9.80. The van der Waals surface area contributed by atoms with Crippen LogP contribution in [0.3, 0.4) is 0 Å². The second kappa shape index (κ2) is 6.69. The van der Waals surface area contributed by atoms with Crippen LogP contribution in [-0.2, 0) is 9.59 Å². The number of allylic oxidation sites excluding steroid dienone is 1. The highest BCUT2D eigenvalue weighted by Gasteiger charge is 2.49. The molecule has 3 aliphatic heterocycles. The molecule has 2 saturated carbocycles. The lowest BCUT2D eigenvalue weighted by Gasteiger charge is -2.44. The van der Waals surface area contributed by atoms with E-state index in [2.05, 4.69) is 4.90 Å². The van der Waals surface area contributed by atoms with Gasteiger partial charge in [-0.25, -0.2) is 9.18 Å². The number of carbonyl (C=O) groups is 2. The maximum Gasteiger partial charge on any atom is 0.341 e. The van der Waals surface area contributed by atoms with Gasteiger partial charge in [-0.2, -0.15) is 0 Å². The summed E-state index contributed by atoms with van der Waals surface area (Å²) in [4.78, 5) is 27.9. The number of carboxylic acids is 1. The van der Waals surface area contributed by atoms with Crippen molar-refractivity contribution in [2.75, 3.05) is 6.54 Å². The van der Waals surface area contributed by atoms with Gasteiger partial charge in [0.1, 0.15) is 5.57 Å². The van der Waals surface area contributed by atoms with Crippen molar-refractivity contribution in [3.05, 3.63) is 34.9 Å². The summed E-state index contributed by atoms with van der Waals surface area (Å²) in [5.74, 6) is -1.50. The van der Waals surface area contributed by atoms with E-state index < -0.39 is 17.7 Å². The number of halogens is 1. The van der Waals surface area contributed by atoms with Gasteiger partial charge < -0.3 is 20.6 Å². The molecule has 5 rings (SSSR count). The molecule has 6 nitrogen and oxygen atoms in total. The van der Waals surface area contributed by atoms with Gasteiger partial charge in [-0.05, 0) is 62.9 Å². The Morgan fingerprint density at radius 2 is 1.97 bits per heavy atom. The molecule has 1 saturated heterocycles. The molecular formula is C22H28FN3O3. The number of hydrogen-bond acceptors (Lipinski definition) is 4. The molecular weight excluding hydrogens is 373 g/mol. The van der Waals surface area contributed by atoms with Crippen LogP contribution >= 0.6 is 0 Å². The van der Waals surface area contributed by atoms with E-state index in [1.54, 1.807) is 6.08 Å². The first-order chi connectivity index (χ1) is 13.9. The van der Waals surface area contributed by atoms with Gasteiger partial charge in [0, 0.05) is 30.7 Å². The number of rotatable bonds is 3. The molecule has 0 aromatic heterocycles. The van der Waals surface area contributed by atoms with Gasteiger partial charge in [0.15, 0.2) is 5.83 Å². The number of hydrogen-bond donors (Lipinski definition) is 2. The van der Waals surface area contributed by atoms with E-state index in [4.69, 9.17) is 5.73 Å². The van der Waals surface area contributed by atoms with E-state index in [9.17, 15) is 14.7 Å². The second-order valence-electron chi connectivity index (χ2n) is 9.35. The van der Waals surface area contributed by atoms with Crippen molar-refractivity contribution in [2.45, 2.75) is 63.6 Å². The van der Waals surface area contributed by atoms with Crippen LogP contribution in [0.25, 0.3) is 0 Å². The van der Waals surface area contributed by atoms with E-state index in [0.29, 0.717) is 23.6 Å². The minimum atomic E-state index is -1.23. The molecule has 5 atom stereocenters. The zero-order chi connectivity index (χ0) is 20.4. The normalized spacial score (nSPS) is 37.2. The van der Waals surface area contributed by atoms with Gasteiger partial charge in [-0.15, -0.1) is 0 Å². The van der Waals surface area contributed by atoms with Gasteiger partial charge in [0.2, 0.25) is 0 Å². The predicted molar refractivity (Wildman–Crippen MR) is 105 cm³/mol. The number of nitrogens with two attached hydrogens (primary N) is 1. The molecule has 0 aromatic rings. The van der Waals surface area contributed by atoms with E-state index in [1.807, 2.05) is 6.92 Å². The number of fused-ring (bicyclic) bond motifs is 2. The third kappa shape index (κ3) is 2.93. The lowest BCUT2D eigenvalue weighted by molar-refractivity contribution is -0.138. The Morgan fingerprint density at radius 3 is 2.66 bits per heavy atom. The molecule has 5 aliphatic rings. The highest BCUT2D eigenvalue weighted by Crippen LogP contribution is 2.49. The van der Waals surface area contributed by atoms with Crippen LogP contribution in [0.1, 0.15) is 45.4 Å². The summed E-state index contributed by atoms with van der Waals surface area (Å²) >= 11 is 0. The highest BCUT2D eigenvalue weighted by atomic mass is 19.1. The van der Waals surface area contributed by atoms with Crippen LogP contribution in [0.2, 0.25) is 0 Å². The standard InChI is InChI=1S/C22H28FN3O3/c1-11-19-15(12-2-3-12)9-16(22(28)29)21(27)26(19)10-17(23)20(11)25-7-6-13-8-14(24)4-5-18(13)25/h9-10,12-15,18-19H,2-8,24H2,1H3,(H,28,29). The first-order valence-electron chi connectivity index (χ1n) is 10.7. The van der Waals surface area contributed by atoms with Crippen LogP contribution < -0.4 is 5.73 Å². The molecule has 0 bridgehead atoms. The average Bonchev–Trinajstić information content (AvgIpc) is 3.43. The molecule has 156 valence electrons. The monoisotopic (exact) mass is 401 g/mol. The Labute approximate surface area is 169 Å². The molecule has 3 fully saturated rings. The number of carbonyl (C=O) groups excluding carboxylic acids is 1. The summed E-state index contributed by atoms with van der Waals surface area (Å²) in [5.41, 5.74) is 7.40. The zero-order valence-electron chi connectivity index (χ0n) is 16.7. The fraction of sp³-hybridized carbons (Fsp3) is 0.636. The average molecular weight is 401 g/mol. The van der Waals surface area contributed by atoms with Crippen molar-refractivity contribution in [2.24, 2.45) is 23.5 Å². The quantitative estimate of drug-likeness (QED) is 0.710. The molecule has 0 radical (unpaired) electrons. The summed E-state index contributed by atoms with van der Waals surface area (Å²) in [6.07, 6.45) is 8.86. The summed E-state index contributed by atoms with van der Waals surface area (Å²) in [6.45, 7) is 2.73. The zero-order valence-corrected chi connectivity index (χ0v) is 16.7. The second-order valence-corrected chi connectivity index (χ2v) is 9.35. The van der Waals surface area contributed by atoms with E-state index in [1.165, 1.54) is 11.1 Å². The van der Waals surface area contributed by atoms with Crippen LogP contribution in [-0.4, -0.2) is 51.5 Å². The summed E-state index contributed by atoms with van der Waals surface area (Å²) in [7, 11) is 0. The summed E-state index contributed by atoms with van der Waals surface area (Å²) < 4.78 is 15.4. The smallest absolute Gasteiger partial charge is 0.341 e. The van der Waals surface area contributed by atoms with Gasteiger partial charge in [-0.1, -0.05) is 6.08 Å². The minimum Gasteiger partial charge on any atom is -0.478 e. The number of carboxylic acid groups (broad SMARTS) is 1. The van der Waals surface area contributed by atoms with Crippen molar-refractivity contribution in [1.29, 1.82) is 0 Å².